The highest BCUT2D eigenvalue weighted by Gasteiger charge is 2.43. The summed E-state index contributed by atoms with van der Waals surface area (Å²) in [4.78, 5) is 26.1. The van der Waals surface area contributed by atoms with Gasteiger partial charge in [-0.25, -0.2) is 4.79 Å². The lowest BCUT2D eigenvalue weighted by molar-refractivity contribution is -0.144. The number of rotatable bonds is 4. The van der Waals surface area contributed by atoms with Gasteiger partial charge in [-0.05, 0) is 52.0 Å². The number of piperazine rings is 1. The van der Waals surface area contributed by atoms with E-state index in [1.807, 2.05) is 13.8 Å². The number of esters is 1. The lowest BCUT2D eigenvalue weighted by Gasteiger charge is -2.47. The van der Waals surface area contributed by atoms with E-state index < -0.39 is 11.5 Å². The number of hydrogen-bond acceptors (Lipinski definition) is 5. The number of nitrogens with two attached hydrogens (primary N) is 1. The monoisotopic (exact) mass is 319 g/mol. The Morgan fingerprint density at radius 1 is 1.26 bits per heavy atom. The van der Waals surface area contributed by atoms with Gasteiger partial charge in [-0.3, -0.25) is 10.1 Å². The molecule has 1 fully saturated rings. The summed E-state index contributed by atoms with van der Waals surface area (Å²) in [5.41, 5.74) is 5.83. The van der Waals surface area contributed by atoms with Crippen LogP contribution in [-0.4, -0.2) is 47.6 Å². The number of nitrogens with zero attached hydrogens (tertiary/aromatic N) is 1. The molecule has 2 rings (SSSR count). The molecule has 0 aromatic heterocycles. The molecule has 0 aliphatic carbocycles. The fourth-order valence-corrected chi connectivity index (χ4v) is 3.01. The van der Waals surface area contributed by atoms with Crippen LogP contribution < -0.4 is 11.1 Å². The van der Waals surface area contributed by atoms with Crippen molar-refractivity contribution in [3.05, 3.63) is 29.8 Å². The third kappa shape index (κ3) is 4.22. The van der Waals surface area contributed by atoms with E-state index in [9.17, 15) is 9.59 Å². The van der Waals surface area contributed by atoms with Crippen molar-refractivity contribution in [1.29, 1.82) is 0 Å². The Morgan fingerprint density at radius 2 is 1.87 bits per heavy atom. The van der Waals surface area contributed by atoms with Crippen LogP contribution in [-0.2, 0) is 9.53 Å². The molecule has 1 aliphatic heterocycles. The van der Waals surface area contributed by atoms with E-state index in [2.05, 4.69) is 19.2 Å². The summed E-state index contributed by atoms with van der Waals surface area (Å²) in [6.07, 6.45) is 0. The van der Waals surface area contributed by atoms with Gasteiger partial charge in [-0.2, -0.15) is 0 Å². The van der Waals surface area contributed by atoms with E-state index in [0.717, 1.165) is 0 Å². The lowest BCUT2D eigenvalue weighted by Crippen LogP contribution is -2.69. The van der Waals surface area contributed by atoms with Crippen LogP contribution in [0, 0.1) is 0 Å². The molecule has 6 heteroatoms. The van der Waals surface area contributed by atoms with Gasteiger partial charge in [0.15, 0.2) is 0 Å². The molecule has 0 radical (unpaired) electrons. The summed E-state index contributed by atoms with van der Waals surface area (Å²) in [5, 5.41) is 3.33. The molecule has 0 spiro atoms. The Labute approximate surface area is 137 Å². The van der Waals surface area contributed by atoms with Crippen LogP contribution in [0.2, 0.25) is 0 Å². The van der Waals surface area contributed by atoms with Crippen LogP contribution in [0.4, 0.5) is 5.69 Å². The fraction of sp³-hybridized carbons (Fsp3) is 0.529. The molecule has 1 saturated heterocycles. The first-order valence-electron chi connectivity index (χ1n) is 7.72. The van der Waals surface area contributed by atoms with Crippen LogP contribution in [0.5, 0.6) is 0 Å². The van der Waals surface area contributed by atoms with Crippen molar-refractivity contribution < 1.29 is 14.3 Å². The second kappa shape index (κ2) is 6.20. The molecule has 0 saturated carbocycles. The van der Waals surface area contributed by atoms with E-state index in [1.165, 1.54) is 0 Å². The summed E-state index contributed by atoms with van der Waals surface area (Å²) in [6.45, 7) is 8.96. The maximum Gasteiger partial charge on any atom is 0.338 e. The van der Waals surface area contributed by atoms with E-state index in [1.54, 1.807) is 29.2 Å². The zero-order chi connectivity index (χ0) is 17.3. The minimum absolute atomic E-state index is 0.0142. The third-order valence-corrected chi connectivity index (χ3v) is 3.80. The van der Waals surface area contributed by atoms with Gasteiger partial charge in [0.25, 0.3) is 0 Å². The lowest BCUT2D eigenvalue weighted by atomic mass is 9.91. The second-order valence-corrected chi connectivity index (χ2v) is 7.12. The highest BCUT2D eigenvalue weighted by atomic mass is 16.5. The van der Waals surface area contributed by atoms with Crippen molar-refractivity contribution in [3.63, 3.8) is 0 Å². The van der Waals surface area contributed by atoms with Crippen LogP contribution in [0.25, 0.3) is 0 Å². The molecular weight excluding hydrogens is 294 g/mol. The maximum atomic E-state index is 12.4. The molecule has 1 aromatic carbocycles. The van der Waals surface area contributed by atoms with Gasteiger partial charge in [0, 0.05) is 17.8 Å². The van der Waals surface area contributed by atoms with Crippen LogP contribution in [0.1, 0.15) is 38.1 Å². The number of benzene rings is 1. The highest BCUT2D eigenvalue weighted by molar-refractivity contribution is 5.90. The standard InChI is InChI=1S/C17H25N3O3/c1-16(2)11-20(15(22)17(3,4)19-16)9-10-23-14(21)12-5-7-13(18)8-6-12/h5-8,19H,9-11,18H2,1-4H3. The highest BCUT2D eigenvalue weighted by Crippen LogP contribution is 2.22. The fourth-order valence-electron chi connectivity index (χ4n) is 3.01. The molecule has 1 aliphatic rings. The van der Waals surface area contributed by atoms with E-state index in [-0.39, 0.29) is 18.1 Å². The zero-order valence-corrected chi connectivity index (χ0v) is 14.2. The van der Waals surface area contributed by atoms with Crippen LogP contribution >= 0.6 is 0 Å². The number of carbonyl (C=O) groups is 2. The topological polar surface area (TPSA) is 84.7 Å². The summed E-state index contributed by atoms with van der Waals surface area (Å²) >= 11 is 0. The summed E-state index contributed by atoms with van der Waals surface area (Å²) in [6, 6.07) is 6.56. The van der Waals surface area contributed by atoms with E-state index >= 15 is 0 Å². The van der Waals surface area contributed by atoms with Gasteiger partial charge in [0.2, 0.25) is 5.91 Å². The molecule has 1 heterocycles. The molecular formula is C17H25N3O3. The molecule has 0 unspecified atom stereocenters. The van der Waals surface area contributed by atoms with Crippen molar-refractivity contribution in [2.45, 2.75) is 38.8 Å². The molecule has 1 amide bonds. The number of nitrogen functional groups attached to an aromatic ring is 1. The Hall–Kier alpha value is -2.08. The predicted octanol–water partition coefficient (Wildman–Crippen LogP) is 1.41. The number of hydrogen-bond donors (Lipinski definition) is 2. The summed E-state index contributed by atoms with van der Waals surface area (Å²) in [7, 11) is 0. The normalized spacial score (nSPS) is 19.5. The second-order valence-electron chi connectivity index (χ2n) is 7.12. The van der Waals surface area contributed by atoms with Gasteiger partial charge in [0.05, 0.1) is 17.6 Å². The van der Waals surface area contributed by atoms with E-state index in [0.29, 0.717) is 24.3 Å². The number of nitrogens with one attached hydrogen (secondary N) is 1. The summed E-state index contributed by atoms with van der Waals surface area (Å²) < 4.78 is 5.26. The average Bonchev–Trinajstić information content (AvgIpc) is 2.43. The van der Waals surface area contributed by atoms with Gasteiger partial charge >= 0.3 is 5.97 Å². The number of anilines is 1. The van der Waals surface area contributed by atoms with Gasteiger partial charge < -0.3 is 15.4 Å². The minimum atomic E-state index is -0.622. The summed E-state index contributed by atoms with van der Waals surface area (Å²) in [5.74, 6) is -0.397. The Morgan fingerprint density at radius 3 is 2.48 bits per heavy atom. The molecule has 6 nitrogen and oxygen atoms in total. The molecule has 0 bridgehead atoms. The third-order valence-electron chi connectivity index (χ3n) is 3.80. The van der Waals surface area contributed by atoms with Crippen molar-refractivity contribution in [2.75, 3.05) is 25.4 Å². The minimum Gasteiger partial charge on any atom is -0.460 e. The number of ether oxygens (including phenoxy) is 1. The average molecular weight is 319 g/mol. The molecule has 3 N–H and O–H groups in total. The van der Waals surface area contributed by atoms with E-state index in [4.69, 9.17) is 10.5 Å². The van der Waals surface area contributed by atoms with Crippen LogP contribution in [0.3, 0.4) is 0 Å². The molecule has 23 heavy (non-hydrogen) atoms. The van der Waals surface area contributed by atoms with Crippen molar-refractivity contribution >= 4 is 17.6 Å². The Balaban J connectivity index is 1.91. The van der Waals surface area contributed by atoms with Crippen molar-refractivity contribution in [3.8, 4) is 0 Å². The number of amides is 1. The number of carbonyl (C=O) groups excluding carboxylic acids is 2. The maximum absolute atomic E-state index is 12.4. The smallest absolute Gasteiger partial charge is 0.338 e. The quantitative estimate of drug-likeness (QED) is 0.647. The Bertz CT molecular complexity index is 594. The first-order chi connectivity index (χ1) is 10.6. The molecule has 126 valence electrons. The first kappa shape index (κ1) is 17.3. The van der Waals surface area contributed by atoms with Gasteiger partial charge in [0.1, 0.15) is 6.61 Å². The molecule has 0 atom stereocenters. The van der Waals surface area contributed by atoms with Gasteiger partial charge in [-0.1, -0.05) is 0 Å². The largest absolute Gasteiger partial charge is 0.460 e. The predicted molar refractivity (Wildman–Crippen MR) is 89.0 cm³/mol. The van der Waals surface area contributed by atoms with Crippen LogP contribution in [0.15, 0.2) is 24.3 Å². The Kier molecular flexibility index (Phi) is 4.66. The zero-order valence-electron chi connectivity index (χ0n) is 14.2. The molecule has 1 aromatic rings. The first-order valence-corrected chi connectivity index (χ1v) is 7.72. The van der Waals surface area contributed by atoms with Gasteiger partial charge in [-0.15, -0.1) is 0 Å². The van der Waals surface area contributed by atoms with Crippen molar-refractivity contribution in [2.24, 2.45) is 0 Å². The SMILES string of the molecule is CC1(C)CN(CCOC(=O)c2ccc(N)cc2)C(=O)C(C)(C)N1. The van der Waals surface area contributed by atoms with Crippen molar-refractivity contribution in [1.82, 2.24) is 10.2 Å².